The molecule has 3 aromatic rings. The van der Waals surface area contributed by atoms with Crippen molar-refractivity contribution < 1.29 is 23.9 Å². The number of carbonyl (C=O) groups excluding carboxylic acids is 3. The molecule has 0 heterocycles. The van der Waals surface area contributed by atoms with E-state index < -0.39 is 11.8 Å². The fraction of sp³-hybridized carbons (Fsp3) is 0.154. The number of hydrogen-bond acceptors (Lipinski definition) is 6. The molecule has 186 valence electrons. The number of carbonyl (C=O) groups is 3. The number of nitrogens with one attached hydrogen (secondary N) is 4. The lowest BCUT2D eigenvalue weighted by atomic mass is 10.1. The molecule has 0 bridgehead atoms. The first-order chi connectivity index (χ1) is 17.5. The van der Waals surface area contributed by atoms with Crippen LogP contribution in [0.4, 0.5) is 5.69 Å². The van der Waals surface area contributed by atoms with E-state index in [1.807, 2.05) is 13.0 Å². The fourth-order valence-corrected chi connectivity index (χ4v) is 3.16. The third-order valence-corrected chi connectivity index (χ3v) is 4.98. The van der Waals surface area contributed by atoms with E-state index in [9.17, 15) is 14.4 Å². The van der Waals surface area contributed by atoms with Crippen molar-refractivity contribution in [2.45, 2.75) is 6.92 Å². The number of benzene rings is 3. The summed E-state index contributed by atoms with van der Waals surface area (Å²) >= 11 is 5.11. The first-order valence-electron chi connectivity index (χ1n) is 11.2. The molecule has 0 aliphatic rings. The number of hydrazine groups is 1. The maximum atomic E-state index is 12.6. The van der Waals surface area contributed by atoms with Crippen LogP contribution < -0.4 is 26.2 Å². The summed E-state index contributed by atoms with van der Waals surface area (Å²) in [5, 5.41) is 5.17. The second-order valence-corrected chi connectivity index (χ2v) is 7.71. The molecule has 3 rings (SSSR count). The SMILES string of the molecule is CCOCCOc1ccccc1C(=O)NC(=S)NNC(=O)c1ccc(NC(=O)c2ccccc2)cc1. The molecular weight excluding hydrogens is 480 g/mol. The molecule has 0 aliphatic heterocycles. The number of thiocarbonyl (C=S) groups is 1. The van der Waals surface area contributed by atoms with Gasteiger partial charge in [-0.05, 0) is 67.7 Å². The van der Waals surface area contributed by atoms with Gasteiger partial charge in [-0.15, -0.1) is 0 Å². The van der Waals surface area contributed by atoms with Gasteiger partial charge in [0.2, 0.25) is 0 Å². The molecule has 0 aliphatic carbocycles. The summed E-state index contributed by atoms with van der Waals surface area (Å²) in [4.78, 5) is 37.3. The van der Waals surface area contributed by atoms with Crippen molar-refractivity contribution in [2.24, 2.45) is 0 Å². The van der Waals surface area contributed by atoms with Gasteiger partial charge in [-0.25, -0.2) is 0 Å². The molecule has 0 atom stereocenters. The molecule has 0 radical (unpaired) electrons. The quantitative estimate of drug-likeness (QED) is 0.200. The van der Waals surface area contributed by atoms with Gasteiger partial charge in [-0.1, -0.05) is 30.3 Å². The minimum atomic E-state index is -0.493. The maximum absolute atomic E-state index is 12.6. The lowest BCUT2D eigenvalue weighted by Gasteiger charge is -2.13. The van der Waals surface area contributed by atoms with Gasteiger partial charge in [0.1, 0.15) is 12.4 Å². The summed E-state index contributed by atoms with van der Waals surface area (Å²) in [5.41, 5.74) is 6.60. The van der Waals surface area contributed by atoms with Crippen molar-refractivity contribution in [3.8, 4) is 5.75 Å². The molecule has 0 unspecified atom stereocenters. The number of rotatable bonds is 9. The van der Waals surface area contributed by atoms with Crippen LogP contribution >= 0.6 is 12.2 Å². The third-order valence-electron chi connectivity index (χ3n) is 4.78. The van der Waals surface area contributed by atoms with E-state index in [1.165, 1.54) is 0 Å². The first kappa shape index (κ1) is 26.3. The molecule has 0 saturated heterocycles. The Hall–Kier alpha value is -4.28. The summed E-state index contributed by atoms with van der Waals surface area (Å²) in [6.07, 6.45) is 0. The predicted molar refractivity (Wildman–Crippen MR) is 140 cm³/mol. The van der Waals surface area contributed by atoms with Crippen LogP contribution in [-0.4, -0.2) is 42.7 Å². The minimum Gasteiger partial charge on any atom is -0.490 e. The monoisotopic (exact) mass is 506 g/mol. The van der Waals surface area contributed by atoms with Crippen LogP contribution in [0, 0.1) is 0 Å². The number of amides is 3. The smallest absolute Gasteiger partial charge is 0.269 e. The molecule has 0 fully saturated rings. The Balaban J connectivity index is 1.48. The average Bonchev–Trinajstić information content (AvgIpc) is 2.91. The van der Waals surface area contributed by atoms with Crippen LogP contribution in [0.15, 0.2) is 78.9 Å². The van der Waals surface area contributed by atoms with Gasteiger partial charge in [-0.3, -0.25) is 30.6 Å². The molecule has 4 N–H and O–H groups in total. The topological polar surface area (TPSA) is 118 Å². The lowest BCUT2D eigenvalue weighted by Crippen LogP contribution is -2.48. The highest BCUT2D eigenvalue weighted by atomic mass is 32.1. The zero-order chi connectivity index (χ0) is 25.8. The lowest BCUT2D eigenvalue weighted by molar-refractivity contribution is 0.0931. The number of anilines is 1. The van der Waals surface area contributed by atoms with Crippen molar-refractivity contribution in [3.05, 3.63) is 95.6 Å². The fourth-order valence-electron chi connectivity index (χ4n) is 3.02. The van der Waals surface area contributed by atoms with Crippen molar-refractivity contribution in [2.75, 3.05) is 25.1 Å². The van der Waals surface area contributed by atoms with Crippen LogP contribution in [0.25, 0.3) is 0 Å². The number of para-hydroxylation sites is 1. The van der Waals surface area contributed by atoms with Crippen LogP contribution in [0.5, 0.6) is 5.75 Å². The molecule has 3 amide bonds. The summed E-state index contributed by atoms with van der Waals surface area (Å²) in [6, 6.07) is 21.8. The van der Waals surface area contributed by atoms with Crippen LogP contribution in [0.1, 0.15) is 38.0 Å². The maximum Gasteiger partial charge on any atom is 0.269 e. The normalized spacial score (nSPS) is 10.1. The van der Waals surface area contributed by atoms with E-state index in [0.717, 1.165) is 0 Å². The summed E-state index contributed by atoms with van der Waals surface area (Å²) < 4.78 is 10.8. The van der Waals surface area contributed by atoms with Gasteiger partial charge in [0, 0.05) is 23.4 Å². The second-order valence-electron chi connectivity index (χ2n) is 7.30. The summed E-state index contributed by atoms with van der Waals surface area (Å²) in [5.74, 6) is -0.836. The van der Waals surface area contributed by atoms with Gasteiger partial charge < -0.3 is 14.8 Å². The highest BCUT2D eigenvalue weighted by Crippen LogP contribution is 2.17. The predicted octanol–water partition coefficient (Wildman–Crippen LogP) is 3.30. The van der Waals surface area contributed by atoms with Crippen molar-refractivity contribution >= 4 is 40.7 Å². The zero-order valence-corrected chi connectivity index (χ0v) is 20.4. The Morgan fingerprint density at radius 3 is 2.14 bits per heavy atom. The van der Waals surface area contributed by atoms with E-state index in [1.54, 1.807) is 72.8 Å². The number of hydrogen-bond donors (Lipinski definition) is 4. The van der Waals surface area contributed by atoms with E-state index in [4.69, 9.17) is 21.7 Å². The Morgan fingerprint density at radius 1 is 0.750 bits per heavy atom. The highest BCUT2D eigenvalue weighted by molar-refractivity contribution is 7.80. The van der Waals surface area contributed by atoms with E-state index >= 15 is 0 Å². The molecule has 0 saturated carbocycles. The molecular formula is C26H26N4O5S. The van der Waals surface area contributed by atoms with Gasteiger partial charge in [0.25, 0.3) is 17.7 Å². The Kier molecular flexibility index (Phi) is 9.92. The standard InChI is InChI=1S/C26H26N4O5S/c1-2-34-16-17-35-22-11-7-6-10-21(22)25(33)28-26(36)30-29-24(32)19-12-14-20(15-13-19)27-23(31)18-8-4-3-5-9-18/h3-15H,2,16-17H2,1H3,(H,27,31)(H,29,32)(H2,28,30,33,36). The van der Waals surface area contributed by atoms with Gasteiger partial charge >= 0.3 is 0 Å². The van der Waals surface area contributed by atoms with Gasteiger partial charge in [-0.2, -0.15) is 0 Å². The molecule has 0 spiro atoms. The summed E-state index contributed by atoms with van der Waals surface area (Å²) in [6.45, 7) is 3.16. The third kappa shape index (κ3) is 7.90. The van der Waals surface area contributed by atoms with Gasteiger partial charge in [0.15, 0.2) is 5.11 Å². The minimum absolute atomic E-state index is 0.0933. The summed E-state index contributed by atoms with van der Waals surface area (Å²) in [7, 11) is 0. The molecule has 0 aromatic heterocycles. The van der Waals surface area contributed by atoms with Gasteiger partial charge in [0.05, 0.1) is 12.2 Å². The molecule has 9 nitrogen and oxygen atoms in total. The molecule has 3 aromatic carbocycles. The van der Waals surface area contributed by atoms with Crippen molar-refractivity contribution in [3.63, 3.8) is 0 Å². The molecule has 36 heavy (non-hydrogen) atoms. The van der Waals surface area contributed by atoms with Crippen LogP contribution in [0.2, 0.25) is 0 Å². The van der Waals surface area contributed by atoms with E-state index in [2.05, 4.69) is 21.5 Å². The Labute approximate surface area is 214 Å². The second kappa shape index (κ2) is 13.6. The largest absolute Gasteiger partial charge is 0.490 e. The highest BCUT2D eigenvalue weighted by Gasteiger charge is 2.14. The van der Waals surface area contributed by atoms with Crippen molar-refractivity contribution in [1.82, 2.24) is 16.2 Å². The molecule has 10 heteroatoms. The zero-order valence-electron chi connectivity index (χ0n) is 19.6. The Bertz CT molecular complexity index is 1200. The van der Waals surface area contributed by atoms with Crippen LogP contribution in [-0.2, 0) is 4.74 Å². The average molecular weight is 507 g/mol. The Morgan fingerprint density at radius 2 is 1.42 bits per heavy atom. The van der Waals surface area contributed by atoms with Crippen LogP contribution in [0.3, 0.4) is 0 Å². The van der Waals surface area contributed by atoms with Crippen molar-refractivity contribution in [1.29, 1.82) is 0 Å². The number of ether oxygens (including phenoxy) is 2. The van der Waals surface area contributed by atoms with E-state index in [-0.39, 0.29) is 16.6 Å². The first-order valence-corrected chi connectivity index (χ1v) is 11.6. The van der Waals surface area contributed by atoms with E-state index in [0.29, 0.717) is 42.4 Å².